The van der Waals surface area contributed by atoms with Gasteiger partial charge in [0, 0.05) is 0 Å². The van der Waals surface area contributed by atoms with Crippen LogP contribution in [0.3, 0.4) is 0 Å². The second-order valence-corrected chi connectivity index (χ2v) is 18.6. The molecule has 0 spiro atoms. The minimum Gasteiger partial charge on any atom is -0.0622 e. The third-order valence-corrected chi connectivity index (χ3v) is 14.2. The van der Waals surface area contributed by atoms with E-state index in [9.17, 15) is 0 Å². The smallest absolute Gasteiger partial charge is 0.0105 e. The highest BCUT2D eigenvalue weighted by molar-refractivity contribution is 5.99. The van der Waals surface area contributed by atoms with Crippen LogP contribution >= 0.6 is 0 Å². The molecule has 66 heavy (non-hydrogen) atoms. The van der Waals surface area contributed by atoms with E-state index in [1.54, 1.807) is 0 Å². The Morgan fingerprint density at radius 1 is 0.288 bits per heavy atom. The Morgan fingerprint density at radius 2 is 0.621 bits per heavy atom. The van der Waals surface area contributed by atoms with Crippen LogP contribution in [0.2, 0.25) is 0 Å². The lowest BCUT2D eigenvalue weighted by molar-refractivity contribution is 0.443. The van der Waals surface area contributed by atoms with Crippen molar-refractivity contribution in [3.63, 3.8) is 0 Å². The number of rotatable bonds is 12. The van der Waals surface area contributed by atoms with E-state index in [-0.39, 0.29) is 0 Å². The maximum Gasteiger partial charge on any atom is -0.0105 e. The van der Waals surface area contributed by atoms with Crippen LogP contribution in [0.1, 0.15) is 143 Å². The molecule has 0 unspecified atom stereocenters. The van der Waals surface area contributed by atoms with Crippen LogP contribution < -0.4 is 0 Å². The molecular formula is C66H60. The Morgan fingerprint density at radius 3 is 1.00 bits per heavy atom. The van der Waals surface area contributed by atoms with Crippen molar-refractivity contribution in [2.24, 2.45) is 0 Å². The number of hydrogen-bond acceptors (Lipinski definition) is 0. The molecular weight excluding hydrogens is 793 g/mol. The predicted octanol–water partition coefficient (Wildman–Crippen LogP) is 18.5. The van der Waals surface area contributed by atoms with E-state index < -0.39 is 0 Å². The maximum absolute atomic E-state index is 2.37. The first-order valence-corrected chi connectivity index (χ1v) is 24.5. The van der Waals surface area contributed by atoms with E-state index in [2.05, 4.69) is 231 Å². The van der Waals surface area contributed by atoms with Crippen molar-refractivity contribution in [1.82, 2.24) is 0 Å². The molecule has 2 aliphatic rings. The SMILES string of the molecule is C(=C/c1ccc(/C=C\c2ccc(/C=C(/c3ccccc3)c3ccc(C4CCCCC4)cc3)cc2)c2ccccc12)/c1ccc(/C=C(/c2ccccc2)c2ccc(C3CCCCC3)cc2)cc1. The Kier molecular flexibility index (Phi) is 13.6. The van der Waals surface area contributed by atoms with Gasteiger partial charge in [0.15, 0.2) is 0 Å². The van der Waals surface area contributed by atoms with Crippen LogP contribution in [0.5, 0.6) is 0 Å². The summed E-state index contributed by atoms with van der Waals surface area (Å²) in [6, 6.07) is 71.6. The normalized spacial score (nSPS) is 15.5. The largest absolute Gasteiger partial charge is 0.0622 e. The zero-order valence-corrected chi connectivity index (χ0v) is 38.2. The molecule has 10 rings (SSSR count). The third-order valence-electron chi connectivity index (χ3n) is 14.2. The number of fused-ring (bicyclic) bond motifs is 1. The van der Waals surface area contributed by atoms with Crippen molar-refractivity contribution in [2.75, 3.05) is 0 Å². The maximum atomic E-state index is 2.37. The van der Waals surface area contributed by atoms with Crippen molar-refractivity contribution in [3.8, 4) is 0 Å². The van der Waals surface area contributed by atoms with Gasteiger partial charge in [-0.2, -0.15) is 0 Å². The molecule has 0 amide bonds. The quantitative estimate of drug-likeness (QED) is 0.107. The Bertz CT molecular complexity index is 2740. The zero-order chi connectivity index (χ0) is 44.3. The molecule has 2 aliphatic carbocycles. The average molecular weight is 853 g/mol. The summed E-state index contributed by atoms with van der Waals surface area (Å²) in [4.78, 5) is 0. The van der Waals surface area contributed by atoms with Gasteiger partial charge in [-0.1, -0.05) is 257 Å². The Balaban J connectivity index is 0.843. The first-order chi connectivity index (χ1) is 32.7. The molecule has 0 radical (unpaired) electrons. The molecule has 2 saturated carbocycles. The van der Waals surface area contributed by atoms with Gasteiger partial charge in [0.25, 0.3) is 0 Å². The fourth-order valence-corrected chi connectivity index (χ4v) is 10.4. The van der Waals surface area contributed by atoms with Crippen molar-refractivity contribution < 1.29 is 0 Å². The molecule has 0 bridgehead atoms. The predicted molar refractivity (Wildman–Crippen MR) is 286 cm³/mol. The highest BCUT2D eigenvalue weighted by atomic mass is 14.2. The molecule has 0 heterocycles. The van der Waals surface area contributed by atoms with E-state index in [1.807, 2.05) is 0 Å². The number of benzene rings is 8. The van der Waals surface area contributed by atoms with Gasteiger partial charge < -0.3 is 0 Å². The third kappa shape index (κ3) is 10.4. The molecule has 0 heteroatoms. The first kappa shape index (κ1) is 42.9. The van der Waals surface area contributed by atoms with Gasteiger partial charge in [-0.15, -0.1) is 0 Å². The van der Waals surface area contributed by atoms with Gasteiger partial charge in [0.2, 0.25) is 0 Å². The first-order valence-electron chi connectivity index (χ1n) is 24.5. The van der Waals surface area contributed by atoms with Gasteiger partial charge in [-0.25, -0.2) is 0 Å². The molecule has 0 aliphatic heterocycles. The fourth-order valence-electron chi connectivity index (χ4n) is 10.4. The summed E-state index contributed by atoms with van der Waals surface area (Å²) in [5.41, 5.74) is 17.7. The molecule has 0 atom stereocenters. The summed E-state index contributed by atoms with van der Waals surface area (Å²) in [5.74, 6) is 1.42. The van der Waals surface area contributed by atoms with E-state index in [0.717, 1.165) is 0 Å². The average Bonchev–Trinajstić information content (AvgIpc) is 3.40. The zero-order valence-electron chi connectivity index (χ0n) is 38.2. The Labute approximate surface area is 393 Å². The monoisotopic (exact) mass is 852 g/mol. The second kappa shape index (κ2) is 20.9. The molecule has 324 valence electrons. The van der Waals surface area contributed by atoms with Crippen LogP contribution in [0.15, 0.2) is 194 Å². The topological polar surface area (TPSA) is 0 Å². The van der Waals surface area contributed by atoms with E-state index in [1.165, 1.54) is 153 Å². The molecule has 0 aromatic heterocycles. The van der Waals surface area contributed by atoms with E-state index >= 15 is 0 Å². The van der Waals surface area contributed by atoms with Crippen LogP contribution in [0.25, 0.3) is 58.4 Å². The molecule has 0 nitrogen and oxygen atoms in total. The molecule has 8 aromatic rings. The van der Waals surface area contributed by atoms with Crippen LogP contribution in [0.4, 0.5) is 0 Å². The van der Waals surface area contributed by atoms with E-state index in [4.69, 9.17) is 0 Å². The summed E-state index contributed by atoms with van der Waals surface area (Å²) >= 11 is 0. The van der Waals surface area contributed by atoms with Crippen molar-refractivity contribution in [3.05, 3.63) is 261 Å². The summed E-state index contributed by atoms with van der Waals surface area (Å²) < 4.78 is 0. The molecule has 8 aromatic carbocycles. The van der Waals surface area contributed by atoms with Gasteiger partial charge in [-0.05, 0) is 138 Å². The van der Waals surface area contributed by atoms with Crippen molar-refractivity contribution in [1.29, 1.82) is 0 Å². The lowest BCUT2D eigenvalue weighted by atomic mass is 9.83. The van der Waals surface area contributed by atoms with Gasteiger partial charge in [0.1, 0.15) is 0 Å². The van der Waals surface area contributed by atoms with Gasteiger partial charge in [0.05, 0.1) is 0 Å². The second-order valence-electron chi connectivity index (χ2n) is 18.6. The van der Waals surface area contributed by atoms with Crippen molar-refractivity contribution in [2.45, 2.75) is 76.0 Å². The Hall–Kier alpha value is -7.02. The van der Waals surface area contributed by atoms with Crippen molar-refractivity contribution >= 4 is 58.4 Å². The summed E-state index contributed by atoms with van der Waals surface area (Å²) in [6.45, 7) is 0. The number of hydrogen-bond donors (Lipinski definition) is 0. The van der Waals surface area contributed by atoms with Gasteiger partial charge in [-0.3, -0.25) is 0 Å². The lowest BCUT2D eigenvalue weighted by Crippen LogP contribution is -2.04. The molecule has 0 saturated heterocycles. The van der Waals surface area contributed by atoms with Crippen LogP contribution in [-0.4, -0.2) is 0 Å². The van der Waals surface area contributed by atoms with Crippen LogP contribution in [0, 0.1) is 0 Å². The van der Waals surface area contributed by atoms with E-state index in [0.29, 0.717) is 11.8 Å². The fraction of sp³-hybridized carbons (Fsp3) is 0.182. The standard InChI is InChI=1S/C66H60/c1-5-15-53(16-6-1)55-37-41-61(42-38-55)65(57-19-9-3-10-20-57)47-51-29-25-49(26-30-51)33-35-59-45-46-60(64-24-14-13-23-63(59)64)36-34-50-27-31-52(32-28-50)48-66(58-21-11-4-12-22-58)62-43-39-56(40-44-62)54-17-7-2-8-18-54/h3-4,9-14,19-48,53-54H,1-2,5-8,15-18H2/b35-33-,36-34-,65-47-,66-48-. The molecule has 2 fully saturated rings. The summed E-state index contributed by atoms with van der Waals surface area (Å²) in [7, 11) is 0. The molecule has 0 N–H and O–H groups in total. The summed E-state index contributed by atoms with van der Waals surface area (Å²) in [5, 5.41) is 2.50. The van der Waals surface area contributed by atoms with Gasteiger partial charge >= 0.3 is 0 Å². The highest BCUT2D eigenvalue weighted by Crippen LogP contribution is 2.36. The van der Waals surface area contributed by atoms with Crippen LogP contribution in [-0.2, 0) is 0 Å². The highest BCUT2D eigenvalue weighted by Gasteiger charge is 2.17. The minimum absolute atomic E-state index is 0.711. The summed E-state index contributed by atoms with van der Waals surface area (Å²) in [6.07, 6.45) is 27.1. The lowest BCUT2D eigenvalue weighted by Gasteiger charge is -2.22. The minimum atomic E-state index is 0.711.